The Labute approximate surface area is 117 Å². The van der Waals surface area contributed by atoms with Crippen LogP contribution in [0.3, 0.4) is 0 Å². The lowest BCUT2D eigenvalue weighted by Crippen LogP contribution is -2.41. The number of aromatic nitrogens is 1. The molecule has 0 radical (unpaired) electrons. The van der Waals surface area contributed by atoms with E-state index in [1.807, 2.05) is 30.1 Å². The van der Waals surface area contributed by atoms with Crippen molar-refractivity contribution in [1.29, 1.82) is 0 Å². The molecule has 6 nitrogen and oxygen atoms in total. The van der Waals surface area contributed by atoms with Gasteiger partial charge in [0.05, 0.1) is 12.2 Å². The van der Waals surface area contributed by atoms with Crippen LogP contribution in [0.2, 0.25) is 0 Å². The Morgan fingerprint density at radius 2 is 2.35 bits per heavy atom. The maximum absolute atomic E-state index is 9.88. The number of nitrogens with two attached hydrogens (primary N) is 1. The zero-order valence-electron chi connectivity index (χ0n) is 11.4. The Morgan fingerprint density at radius 1 is 1.50 bits per heavy atom. The highest BCUT2D eigenvalue weighted by atomic mass is 16.5. The quantitative estimate of drug-likeness (QED) is 0.880. The standard InChI is InChI=1S/C14H18N4O2/c1-17(14-4-5-20-16-14)8-10-2-3-13-11(6-10)7-12(15)9-18(13)19/h2-6,12,19H,7-9,15H2,1H3/t12-/m0/s1. The van der Waals surface area contributed by atoms with Crippen molar-refractivity contribution in [3.8, 4) is 0 Å². The fourth-order valence-corrected chi connectivity index (χ4v) is 2.58. The molecule has 0 amide bonds. The predicted molar refractivity (Wildman–Crippen MR) is 75.9 cm³/mol. The molecular formula is C14H18N4O2. The highest BCUT2D eigenvalue weighted by Crippen LogP contribution is 2.27. The molecule has 6 heteroatoms. The topological polar surface area (TPSA) is 78.8 Å². The van der Waals surface area contributed by atoms with E-state index in [1.54, 1.807) is 6.26 Å². The SMILES string of the molecule is CN(Cc1ccc2c(c1)C[C@H](N)CN2O)c1ccon1. The molecule has 0 aliphatic carbocycles. The Bertz CT molecular complexity index is 585. The van der Waals surface area contributed by atoms with E-state index in [0.717, 1.165) is 35.6 Å². The molecule has 0 saturated carbocycles. The van der Waals surface area contributed by atoms with Crippen LogP contribution in [0, 0.1) is 0 Å². The maximum atomic E-state index is 9.88. The van der Waals surface area contributed by atoms with Gasteiger partial charge in [-0.1, -0.05) is 17.3 Å². The third-order valence-corrected chi connectivity index (χ3v) is 3.55. The van der Waals surface area contributed by atoms with Crippen molar-refractivity contribution < 1.29 is 9.73 Å². The molecule has 1 aromatic carbocycles. The summed E-state index contributed by atoms with van der Waals surface area (Å²) in [5.41, 5.74) is 9.01. The van der Waals surface area contributed by atoms with E-state index in [4.69, 9.17) is 10.3 Å². The van der Waals surface area contributed by atoms with Gasteiger partial charge >= 0.3 is 0 Å². The third-order valence-electron chi connectivity index (χ3n) is 3.55. The number of nitrogens with zero attached hydrogens (tertiary/aromatic N) is 3. The van der Waals surface area contributed by atoms with Crippen molar-refractivity contribution in [3.05, 3.63) is 41.7 Å². The minimum atomic E-state index is -0.0315. The Balaban J connectivity index is 1.80. The predicted octanol–water partition coefficient (Wildman–Crippen LogP) is 1.39. The maximum Gasteiger partial charge on any atom is 0.171 e. The second kappa shape index (κ2) is 5.15. The molecule has 20 heavy (non-hydrogen) atoms. The van der Waals surface area contributed by atoms with Crippen LogP contribution in [0.1, 0.15) is 11.1 Å². The van der Waals surface area contributed by atoms with E-state index < -0.39 is 0 Å². The summed E-state index contributed by atoms with van der Waals surface area (Å²) in [6, 6.07) is 7.83. The van der Waals surface area contributed by atoms with Crippen LogP contribution < -0.4 is 15.7 Å². The van der Waals surface area contributed by atoms with Crippen molar-refractivity contribution in [2.24, 2.45) is 5.73 Å². The van der Waals surface area contributed by atoms with Crippen LogP contribution in [0.25, 0.3) is 0 Å². The molecule has 0 bridgehead atoms. The number of benzene rings is 1. The minimum Gasteiger partial charge on any atom is -0.363 e. The first-order valence-corrected chi connectivity index (χ1v) is 6.59. The fourth-order valence-electron chi connectivity index (χ4n) is 2.58. The van der Waals surface area contributed by atoms with Gasteiger partial charge in [-0.25, -0.2) is 0 Å². The molecule has 3 rings (SSSR count). The number of anilines is 2. The van der Waals surface area contributed by atoms with Gasteiger partial charge in [0.2, 0.25) is 0 Å². The summed E-state index contributed by atoms with van der Waals surface area (Å²) in [5, 5.41) is 15.0. The molecule has 2 aromatic rings. The molecule has 0 saturated heterocycles. The van der Waals surface area contributed by atoms with Crippen molar-refractivity contribution >= 4 is 11.5 Å². The average molecular weight is 274 g/mol. The van der Waals surface area contributed by atoms with Gasteiger partial charge < -0.3 is 15.2 Å². The van der Waals surface area contributed by atoms with Crippen LogP contribution in [0.5, 0.6) is 0 Å². The number of hydrogen-bond acceptors (Lipinski definition) is 6. The molecular weight excluding hydrogens is 256 g/mol. The van der Waals surface area contributed by atoms with Gasteiger partial charge in [0.15, 0.2) is 5.82 Å². The molecule has 1 aliphatic heterocycles. The van der Waals surface area contributed by atoms with Crippen LogP contribution in [-0.2, 0) is 13.0 Å². The van der Waals surface area contributed by atoms with Crippen molar-refractivity contribution in [3.63, 3.8) is 0 Å². The van der Waals surface area contributed by atoms with Crippen molar-refractivity contribution in [1.82, 2.24) is 5.16 Å². The summed E-state index contributed by atoms with van der Waals surface area (Å²) < 4.78 is 4.84. The van der Waals surface area contributed by atoms with Crippen LogP contribution in [0.4, 0.5) is 11.5 Å². The van der Waals surface area contributed by atoms with E-state index in [0.29, 0.717) is 6.54 Å². The molecule has 1 atom stereocenters. The van der Waals surface area contributed by atoms with Crippen LogP contribution in [0.15, 0.2) is 35.1 Å². The lowest BCUT2D eigenvalue weighted by atomic mass is 9.97. The molecule has 0 unspecified atom stereocenters. The van der Waals surface area contributed by atoms with Gasteiger partial charge in [0, 0.05) is 25.7 Å². The Kier molecular flexibility index (Phi) is 3.33. The summed E-state index contributed by atoms with van der Waals surface area (Å²) in [7, 11) is 1.96. The van der Waals surface area contributed by atoms with Crippen molar-refractivity contribution in [2.75, 3.05) is 23.6 Å². The highest BCUT2D eigenvalue weighted by molar-refractivity contribution is 5.56. The van der Waals surface area contributed by atoms with Gasteiger partial charge in [-0.05, 0) is 23.6 Å². The zero-order chi connectivity index (χ0) is 14.1. The van der Waals surface area contributed by atoms with Gasteiger partial charge in [0.25, 0.3) is 0 Å². The molecule has 2 heterocycles. The molecule has 0 spiro atoms. The lowest BCUT2D eigenvalue weighted by molar-refractivity contribution is 0.238. The Morgan fingerprint density at radius 3 is 3.10 bits per heavy atom. The zero-order valence-corrected chi connectivity index (χ0v) is 11.4. The van der Waals surface area contributed by atoms with Crippen LogP contribution >= 0.6 is 0 Å². The van der Waals surface area contributed by atoms with E-state index in [2.05, 4.69) is 11.2 Å². The van der Waals surface area contributed by atoms with E-state index in [-0.39, 0.29) is 6.04 Å². The van der Waals surface area contributed by atoms with Gasteiger partial charge in [-0.2, -0.15) is 0 Å². The van der Waals surface area contributed by atoms with Crippen LogP contribution in [-0.4, -0.2) is 30.0 Å². The monoisotopic (exact) mass is 274 g/mol. The Hall–Kier alpha value is -2.05. The summed E-state index contributed by atoms with van der Waals surface area (Å²) in [6.07, 6.45) is 2.34. The summed E-state index contributed by atoms with van der Waals surface area (Å²) in [6.45, 7) is 1.20. The molecule has 1 aliphatic rings. The van der Waals surface area contributed by atoms with Gasteiger partial charge in [0.1, 0.15) is 6.26 Å². The first-order chi connectivity index (χ1) is 9.63. The number of fused-ring (bicyclic) bond motifs is 1. The van der Waals surface area contributed by atoms with E-state index in [9.17, 15) is 5.21 Å². The second-order valence-electron chi connectivity index (χ2n) is 5.22. The van der Waals surface area contributed by atoms with E-state index >= 15 is 0 Å². The summed E-state index contributed by atoms with van der Waals surface area (Å²) in [5.74, 6) is 0.795. The molecule has 0 fully saturated rings. The largest absolute Gasteiger partial charge is 0.363 e. The number of hydroxylamine groups is 1. The number of rotatable bonds is 3. The third kappa shape index (κ3) is 2.48. The summed E-state index contributed by atoms with van der Waals surface area (Å²) in [4.78, 5) is 2.00. The second-order valence-corrected chi connectivity index (χ2v) is 5.22. The van der Waals surface area contributed by atoms with Gasteiger partial charge in [-0.15, -0.1) is 0 Å². The normalized spacial score (nSPS) is 17.9. The molecule has 1 aromatic heterocycles. The fraction of sp³-hybridized carbons (Fsp3) is 0.357. The van der Waals surface area contributed by atoms with E-state index in [1.165, 1.54) is 5.06 Å². The first kappa shape index (κ1) is 13.0. The summed E-state index contributed by atoms with van der Waals surface area (Å²) >= 11 is 0. The molecule has 3 N–H and O–H groups in total. The first-order valence-electron chi connectivity index (χ1n) is 6.59. The number of hydrogen-bond donors (Lipinski definition) is 2. The van der Waals surface area contributed by atoms with Gasteiger partial charge in [-0.3, -0.25) is 10.3 Å². The minimum absolute atomic E-state index is 0.0315. The van der Waals surface area contributed by atoms with Crippen molar-refractivity contribution in [2.45, 2.75) is 19.0 Å². The smallest absolute Gasteiger partial charge is 0.171 e. The lowest BCUT2D eigenvalue weighted by Gasteiger charge is -2.30. The molecule has 106 valence electrons. The average Bonchev–Trinajstić information content (AvgIpc) is 2.91. The highest BCUT2D eigenvalue weighted by Gasteiger charge is 2.21.